The number of aryl methyl sites for hydroxylation is 1. The third kappa shape index (κ3) is 4.17. The third-order valence-electron chi connectivity index (χ3n) is 6.01. The lowest BCUT2D eigenvalue weighted by atomic mass is 10.0. The number of ether oxygens (including phenoxy) is 1. The molecule has 0 amide bonds. The summed E-state index contributed by atoms with van der Waals surface area (Å²) in [6.45, 7) is 2.06. The minimum Gasteiger partial charge on any atom is -0.405 e. The van der Waals surface area contributed by atoms with Gasteiger partial charge in [-0.2, -0.15) is 13.7 Å². The van der Waals surface area contributed by atoms with Gasteiger partial charge in [-0.15, -0.1) is 17.1 Å². The molecule has 0 saturated carbocycles. The lowest BCUT2D eigenvalue weighted by molar-refractivity contribution is -0.274. The normalized spacial score (nSPS) is 12.3. The van der Waals surface area contributed by atoms with Gasteiger partial charge in [-0.25, -0.2) is 0 Å². The molecule has 0 unspecified atom stereocenters. The fraction of sp³-hybridized carbons (Fsp3) is 0.120. The van der Waals surface area contributed by atoms with Crippen LogP contribution in [0.2, 0.25) is 0 Å². The Hall–Kier alpha value is -4.37. The molecule has 2 aromatic heterocycles. The van der Waals surface area contributed by atoms with E-state index >= 15 is 0 Å². The van der Waals surface area contributed by atoms with Crippen LogP contribution in [0.3, 0.4) is 0 Å². The lowest BCUT2D eigenvalue weighted by Crippen LogP contribution is -2.18. The highest BCUT2D eigenvalue weighted by molar-refractivity contribution is 7.86. The first-order valence-electron chi connectivity index (χ1n) is 10.8. The molecule has 0 atom stereocenters. The molecule has 0 bridgehead atoms. The van der Waals surface area contributed by atoms with Crippen molar-refractivity contribution in [3.63, 3.8) is 0 Å². The number of aromatic nitrogens is 2. The van der Waals surface area contributed by atoms with E-state index in [0.29, 0.717) is 28.7 Å². The Morgan fingerprint density at radius 3 is 2.49 bits per heavy atom. The molecule has 7 nitrogen and oxygen atoms in total. The van der Waals surface area contributed by atoms with E-state index in [0.717, 1.165) is 18.2 Å². The van der Waals surface area contributed by atoms with Gasteiger partial charge in [0.25, 0.3) is 0 Å². The zero-order valence-corrected chi connectivity index (χ0v) is 19.7. The minimum atomic E-state index is -5.14. The van der Waals surface area contributed by atoms with E-state index < -0.39 is 32.7 Å². The summed E-state index contributed by atoms with van der Waals surface area (Å²) in [4.78, 5) is 16.0. The molecule has 3 aromatic carbocycles. The standard InChI is InChI=1S/C25H15F4N3O4S/c1-2-32-20-10-17(14-4-3-5-15(9-14)37(29,34)35)21(36-25(26,27)28)11-18(20)23(33)22-16-7-6-13(12-30)8-19(16)31-24(22)32/h3-11,31H,2H2,1H3. The van der Waals surface area contributed by atoms with E-state index in [1.807, 2.05) is 6.07 Å². The number of hydrogen-bond acceptors (Lipinski definition) is 5. The number of hydrogen-bond donors (Lipinski definition) is 1. The molecule has 5 aromatic rings. The van der Waals surface area contributed by atoms with Crippen LogP contribution in [0.5, 0.6) is 5.75 Å². The first kappa shape index (κ1) is 24.3. The van der Waals surface area contributed by atoms with Gasteiger partial charge in [0.05, 0.1) is 32.8 Å². The molecule has 0 aliphatic heterocycles. The summed E-state index contributed by atoms with van der Waals surface area (Å²) < 4.78 is 82.4. The Bertz CT molecular complexity index is 1950. The van der Waals surface area contributed by atoms with Gasteiger partial charge in [0.15, 0.2) is 5.43 Å². The van der Waals surface area contributed by atoms with Crippen LogP contribution >= 0.6 is 0 Å². The summed E-state index contributed by atoms with van der Waals surface area (Å²) in [5.41, 5.74) is 0.654. The number of fused-ring (bicyclic) bond motifs is 4. The fourth-order valence-corrected chi connectivity index (χ4v) is 5.00. The van der Waals surface area contributed by atoms with Crippen molar-refractivity contribution in [2.24, 2.45) is 0 Å². The second-order valence-electron chi connectivity index (χ2n) is 8.17. The van der Waals surface area contributed by atoms with Gasteiger partial charge in [0.1, 0.15) is 11.4 Å². The first-order valence-corrected chi connectivity index (χ1v) is 12.2. The van der Waals surface area contributed by atoms with Gasteiger partial charge in [-0.1, -0.05) is 18.2 Å². The maximum Gasteiger partial charge on any atom is 0.573 e. The second-order valence-corrected chi connectivity index (χ2v) is 9.52. The summed E-state index contributed by atoms with van der Waals surface area (Å²) in [5.74, 6) is -0.751. The van der Waals surface area contributed by atoms with Gasteiger partial charge >= 0.3 is 16.6 Å². The number of H-pyrrole nitrogens is 1. The highest BCUT2D eigenvalue weighted by Crippen LogP contribution is 2.39. The van der Waals surface area contributed by atoms with Gasteiger partial charge in [0, 0.05) is 23.0 Å². The van der Waals surface area contributed by atoms with Crippen molar-refractivity contribution in [2.45, 2.75) is 24.7 Å². The lowest BCUT2D eigenvalue weighted by Gasteiger charge is -2.17. The van der Waals surface area contributed by atoms with E-state index in [4.69, 9.17) is 0 Å². The first-order chi connectivity index (χ1) is 17.4. The zero-order valence-electron chi connectivity index (χ0n) is 18.9. The van der Waals surface area contributed by atoms with Gasteiger partial charge in [-0.3, -0.25) is 4.79 Å². The maximum absolute atomic E-state index is 13.6. The molecule has 5 rings (SSSR count). The quantitative estimate of drug-likeness (QED) is 0.236. The molecule has 0 spiro atoms. The van der Waals surface area contributed by atoms with Crippen molar-refractivity contribution < 1.29 is 30.2 Å². The Morgan fingerprint density at radius 1 is 1.08 bits per heavy atom. The topological polar surface area (TPSA) is 105 Å². The SMILES string of the molecule is CCn1c2cc(-c3cccc(S(=O)(=O)F)c3)c(OC(F)(F)F)cc2c(=O)c2c3ccc(C#N)cc3[nH]c21. The number of nitriles is 1. The van der Waals surface area contributed by atoms with E-state index in [2.05, 4.69) is 9.72 Å². The molecule has 0 radical (unpaired) electrons. The largest absolute Gasteiger partial charge is 0.573 e. The zero-order chi connectivity index (χ0) is 26.7. The second kappa shape index (κ2) is 8.35. The Kier molecular flexibility index (Phi) is 5.49. The van der Waals surface area contributed by atoms with Gasteiger partial charge < -0.3 is 14.3 Å². The van der Waals surface area contributed by atoms with E-state index in [1.165, 1.54) is 24.3 Å². The van der Waals surface area contributed by atoms with Crippen molar-refractivity contribution in [1.29, 1.82) is 5.26 Å². The van der Waals surface area contributed by atoms with Crippen LogP contribution in [-0.2, 0) is 16.8 Å². The molecule has 188 valence electrons. The average molecular weight is 529 g/mol. The van der Waals surface area contributed by atoms with Crippen LogP contribution in [0.15, 0.2) is 64.3 Å². The van der Waals surface area contributed by atoms with Crippen LogP contribution < -0.4 is 10.2 Å². The number of benzene rings is 3. The number of nitrogens with zero attached hydrogens (tertiary/aromatic N) is 2. The maximum atomic E-state index is 13.6. The van der Waals surface area contributed by atoms with Crippen LogP contribution in [0.25, 0.3) is 44.0 Å². The molecule has 0 aliphatic rings. The van der Waals surface area contributed by atoms with Gasteiger partial charge in [-0.05, 0) is 48.9 Å². The fourth-order valence-electron chi connectivity index (χ4n) is 4.49. The summed E-state index contributed by atoms with van der Waals surface area (Å²) in [7, 11) is -5.14. The smallest absolute Gasteiger partial charge is 0.405 e. The number of alkyl halides is 3. The summed E-state index contributed by atoms with van der Waals surface area (Å²) in [6.07, 6.45) is -5.13. The number of nitrogens with one attached hydrogen (secondary N) is 1. The van der Waals surface area contributed by atoms with Crippen LogP contribution in [0.1, 0.15) is 12.5 Å². The number of halogens is 4. The molecule has 0 saturated heterocycles. The molecule has 1 N–H and O–H groups in total. The molecule has 0 aliphatic carbocycles. The van der Waals surface area contributed by atoms with Gasteiger partial charge in [0.2, 0.25) is 0 Å². The van der Waals surface area contributed by atoms with E-state index in [9.17, 15) is 35.5 Å². The minimum absolute atomic E-state index is 0.0645. The van der Waals surface area contributed by atoms with Crippen molar-refractivity contribution in [3.05, 3.63) is 70.4 Å². The molecule has 37 heavy (non-hydrogen) atoms. The Balaban J connectivity index is 1.92. The van der Waals surface area contributed by atoms with Crippen molar-refractivity contribution in [1.82, 2.24) is 9.55 Å². The molecule has 2 heterocycles. The Labute approximate surface area is 206 Å². The molecule has 0 fully saturated rings. The molecular weight excluding hydrogens is 514 g/mol. The summed E-state index contributed by atoms with van der Waals surface area (Å²) in [6, 6.07) is 13.3. The van der Waals surface area contributed by atoms with Crippen molar-refractivity contribution >= 4 is 43.1 Å². The monoisotopic (exact) mass is 529 g/mol. The third-order valence-corrected chi connectivity index (χ3v) is 6.82. The average Bonchev–Trinajstić information content (AvgIpc) is 3.21. The van der Waals surface area contributed by atoms with Crippen molar-refractivity contribution in [2.75, 3.05) is 0 Å². The highest BCUT2D eigenvalue weighted by atomic mass is 32.3. The summed E-state index contributed by atoms with van der Waals surface area (Å²) >= 11 is 0. The Morgan fingerprint density at radius 2 is 1.84 bits per heavy atom. The molecule has 12 heteroatoms. The molecular formula is C25H15F4N3O4S. The predicted octanol–water partition coefficient (Wildman–Crippen LogP) is 5.75. The van der Waals surface area contributed by atoms with E-state index in [-0.39, 0.29) is 27.4 Å². The number of rotatable bonds is 4. The highest BCUT2D eigenvalue weighted by Gasteiger charge is 2.33. The van der Waals surface area contributed by atoms with E-state index in [1.54, 1.807) is 23.6 Å². The predicted molar refractivity (Wildman–Crippen MR) is 128 cm³/mol. The van der Waals surface area contributed by atoms with Crippen LogP contribution in [0, 0.1) is 11.3 Å². The number of aromatic amines is 1. The number of pyridine rings is 1. The van der Waals surface area contributed by atoms with Crippen LogP contribution in [0.4, 0.5) is 17.1 Å². The van der Waals surface area contributed by atoms with Crippen LogP contribution in [-0.4, -0.2) is 24.3 Å². The van der Waals surface area contributed by atoms with Crippen molar-refractivity contribution in [3.8, 4) is 22.9 Å². The summed E-state index contributed by atoms with van der Waals surface area (Å²) in [5, 5.41) is 9.86.